The fourth-order valence-corrected chi connectivity index (χ4v) is 2.72. The molecule has 0 spiro atoms. The van der Waals surface area contributed by atoms with Gasteiger partial charge in [-0.2, -0.15) is 0 Å². The number of anilines is 1. The molecule has 0 N–H and O–H groups in total. The van der Waals surface area contributed by atoms with Crippen LogP contribution in [0.15, 0.2) is 16.6 Å². The van der Waals surface area contributed by atoms with E-state index in [-0.39, 0.29) is 0 Å². The second-order valence-corrected chi connectivity index (χ2v) is 6.22. The predicted octanol–water partition coefficient (Wildman–Crippen LogP) is 2.93. The molecule has 0 bridgehead atoms. The Labute approximate surface area is 118 Å². The smallest absolute Gasteiger partial charge is 0.128 e. The van der Waals surface area contributed by atoms with E-state index in [1.165, 1.54) is 25.9 Å². The number of likely N-dealkylation sites (tertiary alicyclic amines) is 1. The maximum Gasteiger partial charge on any atom is 0.128 e. The number of pyridine rings is 1. The lowest BCUT2D eigenvalue weighted by atomic mass is 10.1. The molecule has 1 fully saturated rings. The molecule has 0 aromatic carbocycles. The molecule has 18 heavy (non-hydrogen) atoms. The van der Waals surface area contributed by atoms with Crippen molar-refractivity contribution in [1.29, 1.82) is 0 Å². The summed E-state index contributed by atoms with van der Waals surface area (Å²) in [7, 11) is 4.34. The van der Waals surface area contributed by atoms with Crippen molar-refractivity contribution in [3.63, 3.8) is 0 Å². The average Bonchev–Trinajstić information content (AvgIpc) is 2.75. The molecule has 0 amide bonds. The van der Waals surface area contributed by atoms with Crippen LogP contribution in [0.1, 0.15) is 18.5 Å². The van der Waals surface area contributed by atoms with E-state index >= 15 is 0 Å². The van der Waals surface area contributed by atoms with Crippen molar-refractivity contribution >= 4 is 21.7 Å². The van der Waals surface area contributed by atoms with Crippen molar-refractivity contribution in [2.45, 2.75) is 19.8 Å². The van der Waals surface area contributed by atoms with Crippen LogP contribution in [0.5, 0.6) is 0 Å². The molecular formula is C14H22BrN3. The highest BCUT2D eigenvalue weighted by Crippen LogP contribution is 2.21. The topological polar surface area (TPSA) is 19.4 Å². The Morgan fingerprint density at radius 1 is 1.50 bits per heavy atom. The highest BCUT2D eigenvalue weighted by molar-refractivity contribution is 9.10. The van der Waals surface area contributed by atoms with Crippen molar-refractivity contribution in [3.05, 3.63) is 22.3 Å². The molecular weight excluding hydrogens is 290 g/mol. The summed E-state index contributed by atoms with van der Waals surface area (Å²) in [6.07, 6.45) is 2.61. The van der Waals surface area contributed by atoms with Crippen molar-refractivity contribution in [2.75, 3.05) is 38.6 Å². The van der Waals surface area contributed by atoms with Gasteiger partial charge >= 0.3 is 0 Å². The first-order valence-corrected chi connectivity index (χ1v) is 7.38. The first-order valence-electron chi connectivity index (χ1n) is 6.59. The Kier molecular flexibility index (Phi) is 4.62. The van der Waals surface area contributed by atoms with Gasteiger partial charge in [-0.3, -0.25) is 0 Å². The van der Waals surface area contributed by atoms with Gasteiger partial charge in [-0.15, -0.1) is 0 Å². The number of hydrogen-bond donors (Lipinski definition) is 0. The molecule has 0 radical (unpaired) electrons. The van der Waals surface area contributed by atoms with Crippen LogP contribution in [0.3, 0.4) is 0 Å². The van der Waals surface area contributed by atoms with E-state index in [4.69, 9.17) is 0 Å². The second kappa shape index (κ2) is 6.02. The number of nitrogens with zero attached hydrogens (tertiary/aromatic N) is 3. The zero-order chi connectivity index (χ0) is 13.1. The summed E-state index contributed by atoms with van der Waals surface area (Å²) in [5.74, 6) is 1.93. The van der Waals surface area contributed by atoms with Crippen LogP contribution >= 0.6 is 15.9 Å². The van der Waals surface area contributed by atoms with Crippen molar-refractivity contribution in [3.8, 4) is 0 Å². The van der Waals surface area contributed by atoms with E-state index in [2.05, 4.69) is 56.9 Å². The monoisotopic (exact) mass is 311 g/mol. The summed E-state index contributed by atoms with van der Waals surface area (Å²) in [5, 5.41) is 0. The molecule has 1 unspecified atom stereocenters. The van der Waals surface area contributed by atoms with Gasteiger partial charge in [0.25, 0.3) is 0 Å². The lowest BCUT2D eigenvalue weighted by Crippen LogP contribution is -2.23. The third-order valence-corrected chi connectivity index (χ3v) is 4.60. The van der Waals surface area contributed by atoms with Gasteiger partial charge in [-0.1, -0.05) is 0 Å². The minimum Gasteiger partial charge on any atom is -0.360 e. The first-order chi connectivity index (χ1) is 8.56. The quantitative estimate of drug-likeness (QED) is 0.852. The SMILES string of the molecule is Cc1nc(N(C)CCC2CCN(C)C2)ccc1Br. The molecule has 0 aliphatic carbocycles. The van der Waals surface area contributed by atoms with E-state index in [1.54, 1.807) is 0 Å². The summed E-state index contributed by atoms with van der Waals surface area (Å²) >= 11 is 3.49. The average molecular weight is 312 g/mol. The molecule has 100 valence electrons. The minimum absolute atomic E-state index is 0.856. The third-order valence-electron chi connectivity index (χ3n) is 3.76. The highest BCUT2D eigenvalue weighted by atomic mass is 79.9. The largest absolute Gasteiger partial charge is 0.360 e. The second-order valence-electron chi connectivity index (χ2n) is 5.36. The molecule has 1 atom stereocenters. The predicted molar refractivity (Wildman–Crippen MR) is 80.2 cm³/mol. The zero-order valence-corrected chi connectivity index (χ0v) is 13.1. The van der Waals surface area contributed by atoms with Gasteiger partial charge in [0.1, 0.15) is 5.82 Å². The Balaban J connectivity index is 1.87. The molecule has 1 aromatic heterocycles. The van der Waals surface area contributed by atoms with Crippen LogP contribution in [-0.2, 0) is 0 Å². The van der Waals surface area contributed by atoms with Gasteiger partial charge in [-0.05, 0) is 67.3 Å². The number of halogens is 1. The van der Waals surface area contributed by atoms with E-state index in [0.717, 1.165) is 28.4 Å². The van der Waals surface area contributed by atoms with E-state index in [9.17, 15) is 0 Å². The van der Waals surface area contributed by atoms with Crippen LogP contribution in [0, 0.1) is 12.8 Å². The Hall–Kier alpha value is -0.610. The Morgan fingerprint density at radius 3 is 2.89 bits per heavy atom. The van der Waals surface area contributed by atoms with Crippen molar-refractivity contribution < 1.29 is 0 Å². The van der Waals surface area contributed by atoms with Gasteiger partial charge in [0.15, 0.2) is 0 Å². The summed E-state index contributed by atoms with van der Waals surface area (Å²) in [4.78, 5) is 9.29. The maximum absolute atomic E-state index is 4.60. The molecule has 2 heterocycles. The van der Waals surface area contributed by atoms with Gasteiger partial charge in [0.05, 0.1) is 5.69 Å². The number of rotatable bonds is 4. The number of aryl methyl sites for hydroxylation is 1. The summed E-state index contributed by atoms with van der Waals surface area (Å²) in [5.41, 5.74) is 1.06. The van der Waals surface area contributed by atoms with Gasteiger partial charge < -0.3 is 9.80 Å². The standard InChI is InChI=1S/C14H22BrN3/c1-11-13(15)4-5-14(16-11)18(3)9-7-12-6-8-17(2)10-12/h4-5,12H,6-10H2,1-3H3. The summed E-state index contributed by atoms with van der Waals surface area (Å²) in [6.45, 7) is 5.63. The van der Waals surface area contributed by atoms with Crippen LogP contribution < -0.4 is 4.90 Å². The zero-order valence-electron chi connectivity index (χ0n) is 11.5. The van der Waals surface area contributed by atoms with E-state index < -0.39 is 0 Å². The summed E-state index contributed by atoms with van der Waals surface area (Å²) in [6, 6.07) is 4.16. The lowest BCUT2D eigenvalue weighted by Gasteiger charge is -2.20. The Bertz CT molecular complexity index is 408. The van der Waals surface area contributed by atoms with Crippen LogP contribution in [-0.4, -0.2) is 43.6 Å². The molecule has 1 saturated heterocycles. The highest BCUT2D eigenvalue weighted by Gasteiger charge is 2.19. The fourth-order valence-electron chi connectivity index (χ4n) is 2.50. The minimum atomic E-state index is 0.856. The molecule has 1 aliphatic heterocycles. The molecule has 2 rings (SSSR count). The van der Waals surface area contributed by atoms with Gasteiger partial charge in [-0.25, -0.2) is 4.98 Å². The van der Waals surface area contributed by atoms with E-state index in [0.29, 0.717) is 0 Å². The fraction of sp³-hybridized carbons (Fsp3) is 0.643. The normalized spacial score (nSPS) is 20.3. The molecule has 0 saturated carbocycles. The third kappa shape index (κ3) is 3.45. The maximum atomic E-state index is 4.60. The van der Waals surface area contributed by atoms with Crippen LogP contribution in [0.25, 0.3) is 0 Å². The van der Waals surface area contributed by atoms with Crippen LogP contribution in [0.4, 0.5) is 5.82 Å². The molecule has 1 aliphatic rings. The summed E-state index contributed by atoms with van der Waals surface area (Å²) < 4.78 is 1.08. The lowest BCUT2D eigenvalue weighted by molar-refractivity contribution is 0.389. The Morgan fingerprint density at radius 2 is 2.28 bits per heavy atom. The van der Waals surface area contributed by atoms with Gasteiger partial charge in [0, 0.05) is 24.6 Å². The van der Waals surface area contributed by atoms with Gasteiger partial charge in [0.2, 0.25) is 0 Å². The molecule has 1 aromatic rings. The number of aromatic nitrogens is 1. The first kappa shape index (κ1) is 13.8. The molecule has 4 heteroatoms. The van der Waals surface area contributed by atoms with Crippen LogP contribution in [0.2, 0.25) is 0 Å². The van der Waals surface area contributed by atoms with Crippen molar-refractivity contribution in [1.82, 2.24) is 9.88 Å². The van der Waals surface area contributed by atoms with E-state index in [1.807, 2.05) is 6.92 Å². The molecule has 3 nitrogen and oxygen atoms in total. The number of hydrogen-bond acceptors (Lipinski definition) is 3. The van der Waals surface area contributed by atoms with Crippen molar-refractivity contribution in [2.24, 2.45) is 5.92 Å².